The zero-order chi connectivity index (χ0) is 41.7. The molecule has 0 aliphatic heterocycles. The average Bonchev–Trinajstić information content (AvgIpc) is 3.87. The highest BCUT2D eigenvalue weighted by molar-refractivity contribution is 6.24. The number of furan rings is 1. The Balaban J connectivity index is 1.39. The monoisotopic (exact) mass is 650 g/mol. The summed E-state index contributed by atoms with van der Waals surface area (Å²) in [6.45, 7) is 0. The highest BCUT2D eigenvalue weighted by atomic mass is 16.3. The summed E-state index contributed by atoms with van der Waals surface area (Å²) in [5.41, 5.74) is 4.31. The van der Waals surface area contributed by atoms with Gasteiger partial charge in [0.2, 0.25) is 5.95 Å². The van der Waals surface area contributed by atoms with Crippen molar-refractivity contribution in [3.8, 4) is 51.0 Å². The molecule has 10 aromatic rings. The molecule has 0 N–H and O–H groups in total. The van der Waals surface area contributed by atoms with Crippen LogP contribution in [0.4, 0.5) is 0 Å². The van der Waals surface area contributed by atoms with Crippen molar-refractivity contribution in [1.29, 1.82) is 0 Å². The minimum absolute atomic E-state index is 0.00160. The topological polar surface area (TPSA) is 56.7 Å². The van der Waals surface area contributed by atoms with Gasteiger partial charge in [-0.2, -0.15) is 9.97 Å². The van der Waals surface area contributed by atoms with Crippen LogP contribution in [-0.2, 0) is 0 Å². The summed E-state index contributed by atoms with van der Waals surface area (Å²) in [6.07, 6.45) is 0. The molecule has 0 amide bonds. The molecule has 0 saturated heterocycles. The SMILES string of the molecule is [2H]c1c([2H])c([2H])c2c(oc3c([2H])c([2H])c4c5c([2H])c([2H])c([2H])c([2H])c5n(-c5nc(-c6cccc(-c7ccccc7)c6)nc(-c6cccc(-c7ccccc7)c6)n5)c4c32)c1[2H]. The molecule has 0 aliphatic carbocycles. The molecule has 234 valence electrons. The molecule has 5 heteroatoms. The second-order valence-corrected chi connectivity index (χ2v) is 11.7. The molecular weight excluding hydrogens is 613 g/mol. The van der Waals surface area contributed by atoms with Crippen LogP contribution >= 0.6 is 0 Å². The molecule has 0 atom stereocenters. The molecule has 0 radical (unpaired) electrons. The lowest BCUT2D eigenvalue weighted by Gasteiger charge is -2.12. The smallest absolute Gasteiger partial charge is 0.238 e. The third-order valence-electron chi connectivity index (χ3n) is 8.75. The van der Waals surface area contributed by atoms with Crippen LogP contribution < -0.4 is 0 Å². The first kappa shape index (κ1) is 19.8. The quantitative estimate of drug-likeness (QED) is 0.186. The molecule has 7 aromatic carbocycles. The van der Waals surface area contributed by atoms with Crippen LogP contribution in [0.25, 0.3) is 94.7 Å². The molecule has 5 nitrogen and oxygen atoms in total. The summed E-state index contributed by atoms with van der Waals surface area (Å²) in [5, 5.41) is -0.242. The van der Waals surface area contributed by atoms with Gasteiger partial charge >= 0.3 is 0 Å². The predicted octanol–water partition coefficient (Wildman–Crippen LogP) is 11.5. The molecule has 3 aromatic heterocycles. The van der Waals surface area contributed by atoms with Crippen LogP contribution in [0.5, 0.6) is 0 Å². The van der Waals surface area contributed by atoms with Crippen molar-refractivity contribution in [3.05, 3.63) is 170 Å². The first-order chi connectivity index (χ1) is 28.9. The van der Waals surface area contributed by atoms with Crippen molar-refractivity contribution in [1.82, 2.24) is 19.5 Å². The van der Waals surface area contributed by atoms with E-state index in [9.17, 15) is 2.74 Å². The van der Waals surface area contributed by atoms with E-state index in [0.29, 0.717) is 11.1 Å². The number of benzene rings is 7. The summed E-state index contributed by atoms with van der Waals surface area (Å²) in [4.78, 5) is 15.0. The van der Waals surface area contributed by atoms with Gasteiger partial charge in [0.1, 0.15) is 11.2 Å². The zero-order valence-corrected chi connectivity index (χ0v) is 26.1. The van der Waals surface area contributed by atoms with Gasteiger partial charge in [-0.25, -0.2) is 4.98 Å². The predicted molar refractivity (Wildman–Crippen MR) is 203 cm³/mol. The fraction of sp³-hybridized carbons (Fsp3) is 0. The number of hydrogen-bond donors (Lipinski definition) is 0. The second kappa shape index (κ2) is 11.4. The molecular formula is C45H28N4O. The molecule has 0 saturated carbocycles. The van der Waals surface area contributed by atoms with Crippen LogP contribution in [0.3, 0.4) is 0 Å². The Morgan fingerprint density at radius 3 is 1.68 bits per heavy atom. The Kier molecular flexibility index (Phi) is 4.52. The standard InChI is InChI=1S/C45H28N4O/c1-3-13-29(14-4-1)31-17-11-19-33(27-31)43-46-44(34-20-12-18-32(28-34)30-15-5-2-6-16-30)48-45(47-43)49-38-23-9-7-21-35(38)36-25-26-40-41(42(36)49)37-22-8-10-24-39(37)50-40/h1-28H/i7D,8D,9D,10D,21D,22D,23D,24D,25D,26D. The fourth-order valence-corrected chi connectivity index (χ4v) is 6.47. The average molecular weight is 651 g/mol. The van der Waals surface area contributed by atoms with Gasteiger partial charge in [-0.05, 0) is 58.6 Å². The van der Waals surface area contributed by atoms with Gasteiger partial charge in [-0.3, -0.25) is 4.57 Å². The Labute approximate surface area is 301 Å². The van der Waals surface area contributed by atoms with Crippen molar-refractivity contribution < 1.29 is 18.1 Å². The number of aromatic nitrogens is 4. The lowest BCUT2D eigenvalue weighted by molar-refractivity contribution is 0.669. The maximum Gasteiger partial charge on any atom is 0.238 e. The molecule has 0 spiro atoms. The summed E-state index contributed by atoms with van der Waals surface area (Å²) in [5.74, 6) is 0.322. The van der Waals surface area contributed by atoms with Crippen molar-refractivity contribution in [3.63, 3.8) is 0 Å². The van der Waals surface area contributed by atoms with E-state index in [1.54, 1.807) is 0 Å². The van der Waals surface area contributed by atoms with E-state index in [0.717, 1.165) is 22.3 Å². The minimum atomic E-state index is -0.566. The zero-order valence-electron chi connectivity index (χ0n) is 36.1. The van der Waals surface area contributed by atoms with E-state index in [2.05, 4.69) is 0 Å². The number of hydrogen-bond acceptors (Lipinski definition) is 4. The van der Waals surface area contributed by atoms with Crippen LogP contribution in [-0.4, -0.2) is 19.5 Å². The van der Waals surface area contributed by atoms with Crippen LogP contribution in [0.2, 0.25) is 0 Å². The molecule has 50 heavy (non-hydrogen) atoms. The van der Waals surface area contributed by atoms with Gasteiger partial charge < -0.3 is 4.42 Å². The van der Waals surface area contributed by atoms with Crippen molar-refractivity contribution >= 4 is 43.7 Å². The van der Waals surface area contributed by atoms with E-state index in [-0.39, 0.29) is 61.3 Å². The van der Waals surface area contributed by atoms with Gasteiger partial charge in [-0.15, -0.1) is 0 Å². The first-order valence-electron chi connectivity index (χ1n) is 20.9. The highest BCUT2D eigenvalue weighted by Gasteiger charge is 2.22. The molecule has 0 bridgehead atoms. The largest absolute Gasteiger partial charge is 0.456 e. The van der Waals surface area contributed by atoms with Crippen molar-refractivity contribution in [2.45, 2.75) is 0 Å². The Bertz CT molecular complexity index is 3340. The van der Waals surface area contributed by atoms with Crippen LogP contribution in [0.1, 0.15) is 13.7 Å². The summed E-state index contributed by atoms with van der Waals surface area (Å²) >= 11 is 0. The molecule has 10 rings (SSSR count). The first-order valence-corrected chi connectivity index (χ1v) is 15.9. The van der Waals surface area contributed by atoms with E-state index in [1.807, 2.05) is 109 Å². The fourth-order valence-electron chi connectivity index (χ4n) is 6.47. The van der Waals surface area contributed by atoms with Gasteiger partial charge in [0, 0.05) is 27.3 Å². The third-order valence-corrected chi connectivity index (χ3v) is 8.75. The maximum absolute atomic E-state index is 9.31. The molecule has 3 heterocycles. The second-order valence-electron chi connectivity index (χ2n) is 11.7. The van der Waals surface area contributed by atoms with Crippen LogP contribution in [0, 0.1) is 0 Å². The summed E-state index contributed by atoms with van der Waals surface area (Å²) in [7, 11) is 0. The minimum Gasteiger partial charge on any atom is -0.456 e. The van der Waals surface area contributed by atoms with E-state index >= 15 is 0 Å². The molecule has 0 aliphatic rings. The van der Waals surface area contributed by atoms with Gasteiger partial charge in [0.05, 0.1) is 30.1 Å². The van der Waals surface area contributed by atoms with E-state index < -0.39 is 60.4 Å². The van der Waals surface area contributed by atoms with Gasteiger partial charge in [0.25, 0.3) is 0 Å². The Hall–Kier alpha value is -6.85. The Morgan fingerprint density at radius 2 is 1.02 bits per heavy atom. The van der Waals surface area contributed by atoms with Crippen molar-refractivity contribution in [2.75, 3.05) is 0 Å². The van der Waals surface area contributed by atoms with Crippen molar-refractivity contribution in [2.24, 2.45) is 0 Å². The lowest BCUT2D eigenvalue weighted by Crippen LogP contribution is -2.06. The highest BCUT2D eigenvalue weighted by Crippen LogP contribution is 2.40. The number of para-hydroxylation sites is 2. The van der Waals surface area contributed by atoms with Crippen LogP contribution in [0.15, 0.2) is 174 Å². The van der Waals surface area contributed by atoms with E-state index in [4.69, 9.17) is 30.3 Å². The Morgan fingerprint density at radius 1 is 0.460 bits per heavy atom. The summed E-state index contributed by atoms with van der Waals surface area (Å²) < 4.78 is 96.4. The maximum atomic E-state index is 9.31. The summed E-state index contributed by atoms with van der Waals surface area (Å²) in [6, 6.07) is 29.7. The molecule has 0 unspecified atom stereocenters. The molecule has 0 fully saturated rings. The number of rotatable bonds is 5. The lowest BCUT2D eigenvalue weighted by atomic mass is 10.0. The third kappa shape index (κ3) is 4.60. The number of nitrogens with zero attached hydrogens (tertiary/aromatic N) is 4. The van der Waals surface area contributed by atoms with E-state index in [1.165, 1.54) is 4.57 Å². The van der Waals surface area contributed by atoms with Gasteiger partial charge in [0.15, 0.2) is 11.6 Å². The normalized spacial score (nSPS) is 14.4. The van der Waals surface area contributed by atoms with Gasteiger partial charge in [-0.1, -0.05) is 133 Å². The number of fused-ring (bicyclic) bond motifs is 7.